The van der Waals surface area contributed by atoms with Crippen molar-refractivity contribution in [3.8, 4) is 0 Å². The highest BCUT2D eigenvalue weighted by atomic mass is 16.3. The zero-order chi connectivity index (χ0) is 15.1. The molecule has 0 saturated carbocycles. The van der Waals surface area contributed by atoms with Gasteiger partial charge in [0, 0.05) is 20.0 Å². The second-order valence-corrected chi connectivity index (χ2v) is 5.17. The molecule has 0 aromatic heterocycles. The molecule has 0 radical (unpaired) electrons. The lowest BCUT2D eigenvalue weighted by atomic mass is 10.1. The van der Waals surface area contributed by atoms with Crippen LogP contribution < -0.4 is 10.6 Å². The zero-order valence-electron chi connectivity index (χ0n) is 12.7. The molecule has 0 bridgehead atoms. The third-order valence-electron chi connectivity index (χ3n) is 3.19. The van der Waals surface area contributed by atoms with Crippen molar-refractivity contribution in [3.63, 3.8) is 0 Å². The fourth-order valence-corrected chi connectivity index (χ4v) is 2.04. The van der Waals surface area contributed by atoms with Gasteiger partial charge >= 0.3 is 0 Å². The molecule has 0 aliphatic carbocycles. The van der Waals surface area contributed by atoms with E-state index >= 15 is 0 Å². The Hall–Kier alpha value is -1.10. The molecule has 0 unspecified atom stereocenters. The third-order valence-corrected chi connectivity index (χ3v) is 3.19. The normalized spacial score (nSPS) is 10.3. The molecule has 2 amide bonds. The van der Waals surface area contributed by atoms with E-state index in [1.807, 2.05) is 0 Å². The van der Waals surface area contributed by atoms with E-state index in [2.05, 4.69) is 10.6 Å². The highest BCUT2D eigenvalue weighted by Gasteiger charge is 1.96. The van der Waals surface area contributed by atoms with Gasteiger partial charge in [-0.25, -0.2) is 0 Å². The standard InChI is InChI=1S/C15H30N2O3/c1-14(19)16-11-9-7-5-3-2-4-6-8-10-12-17-15(20)13-18/h18H,2-13H2,1H3,(H,16,19)(H,17,20). The highest BCUT2D eigenvalue weighted by molar-refractivity contribution is 5.76. The van der Waals surface area contributed by atoms with Gasteiger partial charge in [0.25, 0.3) is 0 Å². The quantitative estimate of drug-likeness (QED) is 0.451. The Bertz CT molecular complexity index is 258. The summed E-state index contributed by atoms with van der Waals surface area (Å²) in [5.41, 5.74) is 0. The van der Waals surface area contributed by atoms with Crippen LogP contribution in [-0.4, -0.2) is 36.6 Å². The monoisotopic (exact) mass is 286 g/mol. The first-order valence-corrected chi connectivity index (χ1v) is 7.79. The van der Waals surface area contributed by atoms with Gasteiger partial charge < -0.3 is 15.7 Å². The Balaban J connectivity index is 3.03. The molecule has 0 aliphatic heterocycles. The molecule has 3 N–H and O–H groups in total. The molecular weight excluding hydrogens is 256 g/mol. The molecule has 5 nitrogen and oxygen atoms in total. The van der Waals surface area contributed by atoms with Crippen LogP contribution in [0.25, 0.3) is 0 Å². The molecule has 0 aromatic carbocycles. The van der Waals surface area contributed by atoms with Gasteiger partial charge in [0.05, 0.1) is 0 Å². The maximum atomic E-state index is 10.7. The molecule has 0 fully saturated rings. The number of rotatable bonds is 13. The zero-order valence-corrected chi connectivity index (χ0v) is 12.7. The van der Waals surface area contributed by atoms with Crippen LogP contribution in [0.2, 0.25) is 0 Å². The van der Waals surface area contributed by atoms with Gasteiger partial charge in [-0.05, 0) is 12.8 Å². The first kappa shape index (κ1) is 18.9. The Morgan fingerprint density at radius 1 is 0.750 bits per heavy atom. The first-order chi connectivity index (χ1) is 9.66. The second-order valence-electron chi connectivity index (χ2n) is 5.17. The Morgan fingerprint density at radius 3 is 1.55 bits per heavy atom. The van der Waals surface area contributed by atoms with Crippen LogP contribution in [0.3, 0.4) is 0 Å². The lowest BCUT2D eigenvalue weighted by molar-refractivity contribution is -0.123. The number of hydrogen-bond donors (Lipinski definition) is 3. The number of carbonyl (C=O) groups excluding carboxylic acids is 2. The van der Waals surface area contributed by atoms with E-state index in [-0.39, 0.29) is 11.8 Å². The van der Waals surface area contributed by atoms with Crippen molar-refractivity contribution < 1.29 is 14.7 Å². The van der Waals surface area contributed by atoms with E-state index in [9.17, 15) is 9.59 Å². The van der Waals surface area contributed by atoms with Crippen molar-refractivity contribution in [3.05, 3.63) is 0 Å². The summed E-state index contributed by atoms with van der Waals surface area (Å²) < 4.78 is 0. The average Bonchev–Trinajstić information content (AvgIpc) is 2.43. The van der Waals surface area contributed by atoms with Gasteiger partial charge in [-0.15, -0.1) is 0 Å². The predicted octanol–water partition coefficient (Wildman–Crippen LogP) is 1.74. The summed E-state index contributed by atoms with van der Waals surface area (Å²) in [6.07, 6.45) is 10.6. The largest absolute Gasteiger partial charge is 0.387 e. The highest BCUT2D eigenvalue weighted by Crippen LogP contribution is 2.09. The van der Waals surface area contributed by atoms with Gasteiger partial charge in [0.15, 0.2) is 0 Å². The fraction of sp³-hybridized carbons (Fsp3) is 0.867. The minimum Gasteiger partial charge on any atom is -0.387 e. The van der Waals surface area contributed by atoms with Gasteiger partial charge in [-0.1, -0.05) is 44.9 Å². The molecule has 0 spiro atoms. The minimum atomic E-state index is -0.415. The van der Waals surface area contributed by atoms with Crippen molar-refractivity contribution in [1.82, 2.24) is 10.6 Å². The van der Waals surface area contributed by atoms with Crippen molar-refractivity contribution in [2.45, 2.75) is 64.7 Å². The van der Waals surface area contributed by atoms with Gasteiger partial charge in [0.1, 0.15) is 6.61 Å². The summed E-state index contributed by atoms with van der Waals surface area (Å²) >= 11 is 0. The number of hydrogen-bond acceptors (Lipinski definition) is 3. The smallest absolute Gasteiger partial charge is 0.245 e. The number of aliphatic hydroxyl groups is 1. The van der Waals surface area contributed by atoms with Crippen LogP contribution in [0.5, 0.6) is 0 Å². The maximum absolute atomic E-state index is 10.7. The van der Waals surface area contributed by atoms with Crippen LogP contribution >= 0.6 is 0 Å². The van der Waals surface area contributed by atoms with Crippen molar-refractivity contribution >= 4 is 11.8 Å². The second kappa shape index (κ2) is 14.3. The van der Waals surface area contributed by atoms with Gasteiger partial charge in [-0.3, -0.25) is 9.59 Å². The van der Waals surface area contributed by atoms with E-state index in [4.69, 9.17) is 5.11 Å². The van der Waals surface area contributed by atoms with Crippen molar-refractivity contribution in [2.24, 2.45) is 0 Å². The summed E-state index contributed by atoms with van der Waals surface area (Å²) in [5, 5.41) is 14.0. The van der Waals surface area contributed by atoms with Crippen LogP contribution in [0.1, 0.15) is 64.7 Å². The summed E-state index contributed by atoms with van der Waals surface area (Å²) in [5.74, 6) is -0.232. The lowest BCUT2D eigenvalue weighted by Crippen LogP contribution is -2.26. The molecule has 0 atom stereocenters. The Kier molecular flexibility index (Phi) is 13.5. The molecule has 118 valence electrons. The Labute approximate surface area is 122 Å². The number of nitrogens with one attached hydrogen (secondary N) is 2. The van der Waals surface area contributed by atoms with Crippen molar-refractivity contribution in [1.29, 1.82) is 0 Å². The molecule has 0 saturated heterocycles. The summed E-state index contributed by atoms with van der Waals surface area (Å²) in [6, 6.07) is 0. The first-order valence-electron chi connectivity index (χ1n) is 7.79. The topological polar surface area (TPSA) is 78.4 Å². The molecule has 0 rings (SSSR count). The number of amides is 2. The van der Waals surface area contributed by atoms with Gasteiger partial charge in [0.2, 0.25) is 11.8 Å². The molecule has 5 heteroatoms. The van der Waals surface area contributed by atoms with E-state index in [1.165, 1.54) is 38.5 Å². The molecule has 20 heavy (non-hydrogen) atoms. The van der Waals surface area contributed by atoms with Crippen LogP contribution in [-0.2, 0) is 9.59 Å². The summed E-state index contributed by atoms with van der Waals surface area (Å²) in [6.45, 7) is 2.61. The molecule has 0 aromatic rings. The maximum Gasteiger partial charge on any atom is 0.245 e. The third kappa shape index (κ3) is 15.0. The fourth-order valence-electron chi connectivity index (χ4n) is 2.04. The van der Waals surface area contributed by atoms with Crippen LogP contribution in [0, 0.1) is 0 Å². The van der Waals surface area contributed by atoms with Gasteiger partial charge in [-0.2, -0.15) is 0 Å². The predicted molar refractivity (Wildman–Crippen MR) is 80.3 cm³/mol. The summed E-state index contributed by atoms with van der Waals surface area (Å²) in [4.78, 5) is 21.4. The van der Waals surface area contributed by atoms with E-state index in [0.29, 0.717) is 6.54 Å². The number of unbranched alkanes of at least 4 members (excludes halogenated alkanes) is 8. The average molecular weight is 286 g/mol. The van der Waals surface area contributed by atoms with Crippen LogP contribution in [0.4, 0.5) is 0 Å². The number of carbonyl (C=O) groups is 2. The molecule has 0 heterocycles. The van der Waals surface area contributed by atoms with Crippen LogP contribution in [0.15, 0.2) is 0 Å². The SMILES string of the molecule is CC(=O)NCCCCCCCCCCCNC(=O)CO. The minimum absolute atomic E-state index is 0.0557. The Morgan fingerprint density at radius 2 is 1.15 bits per heavy atom. The lowest BCUT2D eigenvalue weighted by Gasteiger charge is -2.04. The molecule has 0 aliphatic rings. The summed E-state index contributed by atoms with van der Waals surface area (Å²) in [7, 11) is 0. The number of aliphatic hydroxyl groups excluding tert-OH is 1. The van der Waals surface area contributed by atoms with Crippen molar-refractivity contribution in [2.75, 3.05) is 19.7 Å². The van der Waals surface area contributed by atoms with E-state index in [0.717, 1.165) is 25.8 Å². The van der Waals surface area contributed by atoms with E-state index in [1.54, 1.807) is 6.92 Å². The van der Waals surface area contributed by atoms with E-state index < -0.39 is 6.61 Å². The molecular formula is C15H30N2O3.